The minimum absolute atomic E-state index is 0.0613. The van der Waals surface area contributed by atoms with E-state index >= 15 is 0 Å². The summed E-state index contributed by atoms with van der Waals surface area (Å²) < 4.78 is 11.0. The maximum absolute atomic E-state index is 11.8. The van der Waals surface area contributed by atoms with Gasteiger partial charge in [-0.3, -0.25) is 4.79 Å². The quantitative estimate of drug-likeness (QED) is 0.618. The second-order valence-corrected chi connectivity index (χ2v) is 5.92. The normalized spacial score (nSPS) is 12.9. The van der Waals surface area contributed by atoms with E-state index in [4.69, 9.17) is 9.47 Å². The fraction of sp³-hybridized carbons (Fsp3) is 0.300. The molecule has 1 amide bonds. The van der Waals surface area contributed by atoms with Crippen LogP contribution in [0.15, 0.2) is 48.5 Å². The Kier molecular flexibility index (Phi) is 5.67. The highest BCUT2D eigenvalue weighted by atomic mass is 16.5. The molecule has 1 N–H and O–H groups in total. The molecular weight excluding hydrogens is 318 g/mol. The van der Waals surface area contributed by atoms with Gasteiger partial charge in [-0.2, -0.15) is 0 Å². The Morgan fingerprint density at radius 3 is 2.64 bits per heavy atom. The summed E-state index contributed by atoms with van der Waals surface area (Å²) in [5.74, 6) is 0.570. The Morgan fingerprint density at radius 2 is 1.80 bits per heavy atom. The van der Waals surface area contributed by atoms with Crippen LogP contribution < -0.4 is 10.1 Å². The van der Waals surface area contributed by atoms with E-state index < -0.39 is 0 Å². The molecular formula is C20H21NO4. The highest BCUT2D eigenvalue weighted by Crippen LogP contribution is 2.26. The van der Waals surface area contributed by atoms with E-state index in [0.29, 0.717) is 25.2 Å². The zero-order valence-corrected chi connectivity index (χ0v) is 14.0. The van der Waals surface area contributed by atoms with Crippen LogP contribution in [0.25, 0.3) is 0 Å². The van der Waals surface area contributed by atoms with Gasteiger partial charge in [0.25, 0.3) is 0 Å². The van der Waals surface area contributed by atoms with Gasteiger partial charge in [-0.05, 0) is 55.2 Å². The molecule has 5 heteroatoms. The number of aryl methyl sites for hydroxylation is 1. The van der Waals surface area contributed by atoms with Crippen LogP contribution in [0.5, 0.6) is 5.75 Å². The molecule has 0 aromatic heterocycles. The lowest BCUT2D eigenvalue weighted by molar-refractivity contribution is -0.116. The Balaban J connectivity index is 1.35. The van der Waals surface area contributed by atoms with E-state index in [1.807, 2.05) is 36.4 Å². The second-order valence-electron chi connectivity index (χ2n) is 5.92. The molecule has 0 saturated carbocycles. The van der Waals surface area contributed by atoms with Crippen molar-refractivity contribution in [2.45, 2.75) is 25.7 Å². The monoisotopic (exact) mass is 339 g/mol. The summed E-state index contributed by atoms with van der Waals surface area (Å²) in [6.45, 7) is 0.946. The first-order chi connectivity index (χ1) is 12.2. The molecule has 3 rings (SSSR count). The summed E-state index contributed by atoms with van der Waals surface area (Å²) in [5, 5.41) is 2.85. The summed E-state index contributed by atoms with van der Waals surface area (Å²) in [5.41, 5.74) is 2.55. The minimum Gasteiger partial charge on any atom is -0.494 e. The number of benzene rings is 2. The summed E-state index contributed by atoms with van der Waals surface area (Å²) >= 11 is 0. The third-order valence-corrected chi connectivity index (χ3v) is 4.02. The van der Waals surface area contributed by atoms with Crippen LogP contribution in [0.1, 0.15) is 35.2 Å². The molecule has 0 unspecified atom stereocenters. The maximum Gasteiger partial charge on any atom is 0.338 e. The summed E-state index contributed by atoms with van der Waals surface area (Å²) in [7, 11) is 0. The van der Waals surface area contributed by atoms with Crippen molar-refractivity contribution < 1.29 is 19.1 Å². The van der Waals surface area contributed by atoms with Crippen molar-refractivity contribution in [3.05, 3.63) is 59.7 Å². The van der Waals surface area contributed by atoms with Gasteiger partial charge >= 0.3 is 5.97 Å². The molecule has 0 atom stereocenters. The summed E-state index contributed by atoms with van der Waals surface area (Å²) in [4.78, 5) is 23.1. The zero-order valence-electron chi connectivity index (χ0n) is 14.0. The Morgan fingerprint density at radius 1 is 1.00 bits per heavy atom. The lowest BCUT2D eigenvalue weighted by atomic mass is 10.0. The van der Waals surface area contributed by atoms with Crippen LogP contribution in [0.2, 0.25) is 0 Å². The maximum atomic E-state index is 11.8. The van der Waals surface area contributed by atoms with Crippen molar-refractivity contribution in [3.8, 4) is 5.75 Å². The minimum atomic E-state index is -0.293. The SMILES string of the molecule is O=C1CCc2cc(OCCCCOC(=O)c3ccccc3)ccc2N1. The van der Waals surface area contributed by atoms with Crippen molar-refractivity contribution in [2.24, 2.45) is 0 Å². The first-order valence-electron chi connectivity index (χ1n) is 8.50. The van der Waals surface area contributed by atoms with Crippen LogP contribution in [-0.4, -0.2) is 25.1 Å². The highest BCUT2D eigenvalue weighted by molar-refractivity contribution is 5.94. The molecule has 0 aliphatic carbocycles. The number of anilines is 1. The predicted molar refractivity (Wildman–Crippen MR) is 94.8 cm³/mol. The molecule has 0 bridgehead atoms. The fourth-order valence-corrected chi connectivity index (χ4v) is 2.67. The van der Waals surface area contributed by atoms with Gasteiger partial charge in [0.05, 0.1) is 18.8 Å². The van der Waals surface area contributed by atoms with Crippen LogP contribution >= 0.6 is 0 Å². The number of carbonyl (C=O) groups is 2. The van der Waals surface area contributed by atoms with Crippen molar-refractivity contribution in [1.29, 1.82) is 0 Å². The van der Waals surface area contributed by atoms with E-state index in [2.05, 4.69) is 5.32 Å². The van der Waals surface area contributed by atoms with Crippen molar-refractivity contribution in [2.75, 3.05) is 18.5 Å². The molecule has 2 aromatic rings. The Bertz CT molecular complexity index is 743. The molecule has 5 nitrogen and oxygen atoms in total. The number of rotatable bonds is 7. The fourth-order valence-electron chi connectivity index (χ4n) is 2.67. The highest BCUT2D eigenvalue weighted by Gasteiger charge is 2.14. The standard InChI is InChI=1S/C20H21NO4/c22-19-11-8-16-14-17(9-10-18(16)21-19)24-12-4-5-13-25-20(23)15-6-2-1-3-7-15/h1-3,6-7,9-10,14H,4-5,8,11-13H2,(H,21,22). The van der Waals surface area contributed by atoms with Gasteiger partial charge in [0.1, 0.15) is 5.75 Å². The summed E-state index contributed by atoms with van der Waals surface area (Å²) in [6, 6.07) is 14.7. The topological polar surface area (TPSA) is 64.6 Å². The molecule has 0 radical (unpaired) electrons. The molecule has 0 fully saturated rings. The number of ether oxygens (including phenoxy) is 2. The van der Waals surface area contributed by atoms with Crippen molar-refractivity contribution >= 4 is 17.6 Å². The molecule has 1 aliphatic rings. The molecule has 0 spiro atoms. The van der Waals surface area contributed by atoms with Crippen molar-refractivity contribution in [1.82, 2.24) is 0 Å². The van der Waals surface area contributed by atoms with Crippen LogP contribution in [0, 0.1) is 0 Å². The largest absolute Gasteiger partial charge is 0.494 e. The average molecular weight is 339 g/mol. The van der Waals surface area contributed by atoms with Gasteiger partial charge in [0.2, 0.25) is 5.91 Å². The number of amides is 1. The number of nitrogens with one attached hydrogen (secondary N) is 1. The first-order valence-corrected chi connectivity index (χ1v) is 8.50. The van der Waals surface area contributed by atoms with Gasteiger partial charge in [-0.1, -0.05) is 18.2 Å². The number of carbonyl (C=O) groups excluding carboxylic acids is 2. The van der Waals surface area contributed by atoms with E-state index in [1.165, 1.54) is 0 Å². The molecule has 1 heterocycles. The zero-order chi connectivity index (χ0) is 17.5. The Labute approximate surface area is 147 Å². The van der Waals surface area contributed by atoms with Gasteiger partial charge in [-0.25, -0.2) is 4.79 Å². The average Bonchev–Trinajstić information content (AvgIpc) is 2.65. The smallest absolute Gasteiger partial charge is 0.338 e. The van der Waals surface area contributed by atoms with Crippen LogP contribution in [0.4, 0.5) is 5.69 Å². The molecule has 1 aliphatic heterocycles. The number of hydrogen-bond acceptors (Lipinski definition) is 4. The number of hydrogen-bond donors (Lipinski definition) is 1. The number of esters is 1. The molecule has 25 heavy (non-hydrogen) atoms. The second kappa shape index (κ2) is 8.33. The lowest BCUT2D eigenvalue weighted by Gasteiger charge is -2.17. The van der Waals surface area contributed by atoms with E-state index in [9.17, 15) is 9.59 Å². The lowest BCUT2D eigenvalue weighted by Crippen LogP contribution is -2.18. The number of unbranched alkanes of at least 4 members (excludes halogenated alkanes) is 1. The third-order valence-electron chi connectivity index (χ3n) is 4.02. The summed E-state index contributed by atoms with van der Waals surface area (Å²) in [6.07, 6.45) is 2.81. The van der Waals surface area contributed by atoms with Crippen LogP contribution in [-0.2, 0) is 16.0 Å². The van der Waals surface area contributed by atoms with E-state index in [-0.39, 0.29) is 11.9 Å². The molecule has 0 saturated heterocycles. The van der Waals surface area contributed by atoms with Crippen LogP contribution in [0.3, 0.4) is 0 Å². The Hall–Kier alpha value is -2.82. The predicted octanol–water partition coefficient (Wildman–Crippen LogP) is 3.59. The number of fused-ring (bicyclic) bond motifs is 1. The molecule has 130 valence electrons. The first kappa shape index (κ1) is 17.0. The van der Waals surface area contributed by atoms with Gasteiger partial charge < -0.3 is 14.8 Å². The van der Waals surface area contributed by atoms with Gasteiger partial charge in [-0.15, -0.1) is 0 Å². The van der Waals surface area contributed by atoms with E-state index in [0.717, 1.165) is 36.3 Å². The van der Waals surface area contributed by atoms with Gasteiger partial charge in [0.15, 0.2) is 0 Å². The molecule has 2 aromatic carbocycles. The third kappa shape index (κ3) is 4.83. The van der Waals surface area contributed by atoms with E-state index in [1.54, 1.807) is 12.1 Å². The van der Waals surface area contributed by atoms with Gasteiger partial charge in [0, 0.05) is 12.1 Å². The van der Waals surface area contributed by atoms with Crippen molar-refractivity contribution in [3.63, 3.8) is 0 Å².